The normalized spacial score (nSPS) is 21.7. The molecule has 1 saturated heterocycles. The summed E-state index contributed by atoms with van der Waals surface area (Å²) in [5.41, 5.74) is 1.79. The first-order valence-electron chi connectivity index (χ1n) is 7.30. The summed E-state index contributed by atoms with van der Waals surface area (Å²) < 4.78 is 0. The molecule has 21 heavy (non-hydrogen) atoms. The van der Waals surface area contributed by atoms with E-state index in [0.29, 0.717) is 11.6 Å². The monoisotopic (exact) mass is 281 g/mol. The number of amides is 1. The van der Waals surface area contributed by atoms with Crippen LogP contribution in [-0.2, 0) is 0 Å². The van der Waals surface area contributed by atoms with Gasteiger partial charge in [-0.15, -0.1) is 0 Å². The van der Waals surface area contributed by atoms with E-state index in [1.807, 2.05) is 18.2 Å². The number of carbonyl (C=O) groups is 1. The van der Waals surface area contributed by atoms with Crippen LogP contribution < -0.4 is 10.6 Å². The Bertz CT molecular complexity index is 585. The van der Waals surface area contributed by atoms with Gasteiger partial charge in [-0.3, -0.25) is 9.78 Å². The summed E-state index contributed by atoms with van der Waals surface area (Å²) in [6.07, 6.45) is 2.59. The van der Waals surface area contributed by atoms with Crippen LogP contribution >= 0.6 is 0 Å². The minimum atomic E-state index is -0.101. The van der Waals surface area contributed by atoms with Gasteiger partial charge in [-0.2, -0.15) is 0 Å². The van der Waals surface area contributed by atoms with Crippen molar-refractivity contribution in [1.29, 1.82) is 0 Å². The first kappa shape index (κ1) is 13.8. The third-order valence-electron chi connectivity index (χ3n) is 3.85. The van der Waals surface area contributed by atoms with Gasteiger partial charge >= 0.3 is 0 Å². The van der Waals surface area contributed by atoms with Gasteiger partial charge in [-0.05, 0) is 30.0 Å². The molecule has 0 saturated carbocycles. The van der Waals surface area contributed by atoms with Crippen molar-refractivity contribution in [2.75, 3.05) is 13.1 Å². The summed E-state index contributed by atoms with van der Waals surface area (Å²) in [5, 5.41) is 6.48. The molecule has 2 aromatic rings. The van der Waals surface area contributed by atoms with Gasteiger partial charge in [0, 0.05) is 25.3 Å². The van der Waals surface area contributed by atoms with Gasteiger partial charge in [0.25, 0.3) is 5.91 Å². The van der Waals surface area contributed by atoms with Crippen LogP contribution in [0.1, 0.15) is 28.4 Å². The molecular weight excluding hydrogens is 262 g/mol. The minimum Gasteiger partial charge on any atom is -0.347 e. The zero-order chi connectivity index (χ0) is 14.5. The molecule has 4 nitrogen and oxygen atoms in total. The Kier molecular flexibility index (Phi) is 4.26. The number of piperidine rings is 1. The van der Waals surface area contributed by atoms with Crippen molar-refractivity contribution in [3.8, 4) is 0 Å². The van der Waals surface area contributed by atoms with E-state index in [1.165, 1.54) is 5.56 Å². The molecule has 1 fully saturated rings. The van der Waals surface area contributed by atoms with Crippen LogP contribution in [0.2, 0.25) is 0 Å². The van der Waals surface area contributed by atoms with Gasteiger partial charge < -0.3 is 10.6 Å². The lowest BCUT2D eigenvalue weighted by Crippen LogP contribution is -2.48. The number of benzene rings is 1. The number of rotatable bonds is 3. The number of pyridine rings is 1. The molecule has 2 unspecified atom stereocenters. The molecule has 0 aliphatic carbocycles. The van der Waals surface area contributed by atoms with E-state index in [9.17, 15) is 4.79 Å². The van der Waals surface area contributed by atoms with E-state index in [4.69, 9.17) is 0 Å². The van der Waals surface area contributed by atoms with Gasteiger partial charge in [-0.1, -0.05) is 36.4 Å². The largest absolute Gasteiger partial charge is 0.347 e. The van der Waals surface area contributed by atoms with Crippen molar-refractivity contribution in [1.82, 2.24) is 15.6 Å². The molecule has 2 N–H and O–H groups in total. The number of hydrogen-bond acceptors (Lipinski definition) is 3. The topological polar surface area (TPSA) is 54.0 Å². The number of aromatic nitrogens is 1. The van der Waals surface area contributed by atoms with E-state index >= 15 is 0 Å². The molecule has 1 aromatic heterocycles. The molecular formula is C17H19N3O. The van der Waals surface area contributed by atoms with Crippen LogP contribution in [0.5, 0.6) is 0 Å². The predicted octanol–water partition coefficient (Wildman–Crippen LogP) is 1.96. The zero-order valence-corrected chi connectivity index (χ0v) is 11.8. The van der Waals surface area contributed by atoms with E-state index < -0.39 is 0 Å². The molecule has 0 spiro atoms. The Morgan fingerprint density at radius 2 is 1.90 bits per heavy atom. The van der Waals surface area contributed by atoms with Crippen LogP contribution in [-0.4, -0.2) is 30.0 Å². The van der Waals surface area contributed by atoms with Crippen LogP contribution in [0, 0.1) is 0 Å². The predicted molar refractivity (Wildman–Crippen MR) is 82.2 cm³/mol. The third-order valence-corrected chi connectivity index (χ3v) is 3.85. The molecule has 4 heteroatoms. The van der Waals surface area contributed by atoms with Gasteiger partial charge in [-0.25, -0.2) is 0 Å². The van der Waals surface area contributed by atoms with Gasteiger partial charge in [0.15, 0.2) is 0 Å². The second-order valence-electron chi connectivity index (χ2n) is 5.39. The molecule has 1 aliphatic heterocycles. The lowest BCUT2D eigenvalue weighted by molar-refractivity contribution is 0.0923. The van der Waals surface area contributed by atoms with Crippen LogP contribution in [0.15, 0.2) is 54.7 Å². The van der Waals surface area contributed by atoms with Gasteiger partial charge in [0.1, 0.15) is 5.69 Å². The minimum absolute atomic E-state index is 0.101. The fourth-order valence-electron chi connectivity index (χ4n) is 2.79. The second kappa shape index (κ2) is 6.50. The molecule has 3 rings (SSSR count). The smallest absolute Gasteiger partial charge is 0.270 e. The SMILES string of the molecule is O=C(NC1CNCC(c2ccccc2)C1)c1ccccn1. The maximum Gasteiger partial charge on any atom is 0.270 e. The first-order chi connectivity index (χ1) is 10.3. The van der Waals surface area contributed by atoms with Crippen molar-refractivity contribution in [2.24, 2.45) is 0 Å². The third kappa shape index (κ3) is 3.47. The van der Waals surface area contributed by atoms with Crippen molar-refractivity contribution < 1.29 is 4.79 Å². The fourth-order valence-corrected chi connectivity index (χ4v) is 2.79. The Morgan fingerprint density at radius 1 is 1.10 bits per heavy atom. The highest BCUT2D eigenvalue weighted by Crippen LogP contribution is 2.23. The first-order valence-corrected chi connectivity index (χ1v) is 7.30. The summed E-state index contributed by atoms with van der Waals surface area (Å²) in [6.45, 7) is 1.77. The van der Waals surface area contributed by atoms with E-state index in [2.05, 4.69) is 39.9 Å². The molecule has 0 radical (unpaired) electrons. The van der Waals surface area contributed by atoms with E-state index in [1.54, 1.807) is 12.3 Å². The lowest BCUT2D eigenvalue weighted by Gasteiger charge is -2.30. The molecule has 1 aromatic carbocycles. The quantitative estimate of drug-likeness (QED) is 0.904. The van der Waals surface area contributed by atoms with Crippen molar-refractivity contribution >= 4 is 5.91 Å². The van der Waals surface area contributed by atoms with Gasteiger partial charge in [0.05, 0.1) is 0 Å². The number of hydrogen-bond donors (Lipinski definition) is 2. The number of nitrogens with zero attached hydrogens (tertiary/aromatic N) is 1. The number of carbonyl (C=O) groups excluding carboxylic acids is 1. The summed E-state index contributed by atoms with van der Waals surface area (Å²) >= 11 is 0. The molecule has 1 amide bonds. The average molecular weight is 281 g/mol. The Balaban J connectivity index is 1.63. The van der Waals surface area contributed by atoms with Crippen LogP contribution in [0.3, 0.4) is 0 Å². The highest BCUT2D eigenvalue weighted by Gasteiger charge is 2.24. The van der Waals surface area contributed by atoms with E-state index in [0.717, 1.165) is 19.5 Å². The highest BCUT2D eigenvalue weighted by molar-refractivity contribution is 5.92. The summed E-state index contributed by atoms with van der Waals surface area (Å²) in [4.78, 5) is 16.2. The standard InChI is InChI=1S/C17H19N3O/c21-17(16-8-4-5-9-19-16)20-15-10-14(11-18-12-15)13-6-2-1-3-7-13/h1-9,14-15,18H,10-12H2,(H,20,21). The van der Waals surface area contributed by atoms with Crippen LogP contribution in [0.4, 0.5) is 0 Å². The summed E-state index contributed by atoms with van der Waals surface area (Å²) in [5.74, 6) is 0.338. The van der Waals surface area contributed by atoms with Crippen LogP contribution in [0.25, 0.3) is 0 Å². The highest BCUT2D eigenvalue weighted by atomic mass is 16.1. The van der Waals surface area contributed by atoms with E-state index in [-0.39, 0.29) is 11.9 Å². The Morgan fingerprint density at radius 3 is 2.67 bits per heavy atom. The fraction of sp³-hybridized carbons (Fsp3) is 0.294. The molecule has 2 atom stereocenters. The zero-order valence-electron chi connectivity index (χ0n) is 11.8. The Labute approximate surface area is 124 Å². The Hall–Kier alpha value is -2.20. The number of nitrogens with one attached hydrogen (secondary N) is 2. The molecule has 0 bridgehead atoms. The van der Waals surface area contributed by atoms with Crippen molar-refractivity contribution in [3.63, 3.8) is 0 Å². The summed E-state index contributed by atoms with van der Waals surface area (Å²) in [7, 11) is 0. The van der Waals surface area contributed by atoms with Gasteiger partial charge in [0.2, 0.25) is 0 Å². The second-order valence-corrected chi connectivity index (χ2v) is 5.39. The van der Waals surface area contributed by atoms with Crippen molar-refractivity contribution in [3.05, 3.63) is 66.0 Å². The average Bonchev–Trinajstić information content (AvgIpc) is 2.57. The maximum absolute atomic E-state index is 12.2. The molecule has 108 valence electrons. The maximum atomic E-state index is 12.2. The lowest BCUT2D eigenvalue weighted by atomic mass is 9.89. The molecule has 1 aliphatic rings. The van der Waals surface area contributed by atoms with Crippen molar-refractivity contribution in [2.45, 2.75) is 18.4 Å². The molecule has 2 heterocycles. The summed E-state index contributed by atoms with van der Waals surface area (Å²) in [6, 6.07) is 16.0.